The molecule has 1 aliphatic rings. The van der Waals surface area contributed by atoms with Crippen LogP contribution in [0.25, 0.3) is 0 Å². The number of carbonyl (C=O) groups excluding carboxylic acids is 1. The van der Waals surface area contributed by atoms with E-state index >= 15 is 0 Å². The van der Waals surface area contributed by atoms with E-state index in [1.165, 1.54) is 0 Å². The Hall–Kier alpha value is -1.75. The molecule has 1 aromatic carbocycles. The molecule has 0 saturated heterocycles. The highest BCUT2D eigenvalue weighted by Gasteiger charge is 2.31. The average Bonchev–Trinajstić information content (AvgIpc) is 3.06. The monoisotopic (exact) mass is 320 g/mol. The number of ether oxygens (including phenoxy) is 2. The van der Waals surface area contributed by atoms with Crippen molar-refractivity contribution in [1.82, 2.24) is 5.32 Å². The van der Waals surface area contributed by atoms with E-state index in [1.807, 2.05) is 18.2 Å². The van der Waals surface area contributed by atoms with Gasteiger partial charge in [0, 0.05) is 12.5 Å². The van der Waals surface area contributed by atoms with Gasteiger partial charge in [0.2, 0.25) is 5.91 Å². The number of nitrogens with one attached hydrogen (secondary N) is 1. The molecule has 23 heavy (non-hydrogen) atoms. The summed E-state index contributed by atoms with van der Waals surface area (Å²) in [6.07, 6.45) is 4.05. The Morgan fingerprint density at radius 1 is 1.35 bits per heavy atom. The average molecular weight is 320 g/mol. The first-order chi connectivity index (χ1) is 11.2. The molecule has 0 spiro atoms. The predicted molar refractivity (Wildman–Crippen MR) is 90.5 cm³/mol. The van der Waals surface area contributed by atoms with Crippen LogP contribution in [0.3, 0.4) is 0 Å². The lowest BCUT2D eigenvalue weighted by Gasteiger charge is -2.18. The number of benzene rings is 1. The minimum Gasteiger partial charge on any atom is -0.493 e. The van der Waals surface area contributed by atoms with Crippen molar-refractivity contribution in [2.24, 2.45) is 17.6 Å². The SMILES string of the molecule is CCCOc1ccc(CNC(=O)[C@@H]2CCC[C@@H]2CN)cc1OC. The molecule has 3 N–H and O–H groups in total. The van der Waals surface area contributed by atoms with E-state index in [0.29, 0.717) is 31.4 Å². The number of nitrogens with two attached hydrogens (primary N) is 1. The second-order valence-electron chi connectivity index (χ2n) is 6.08. The van der Waals surface area contributed by atoms with Crippen LogP contribution in [0.1, 0.15) is 38.2 Å². The van der Waals surface area contributed by atoms with Crippen LogP contribution in [0.15, 0.2) is 18.2 Å². The summed E-state index contributed by atoms with van der Waals surface area (Å²) in [7, 11) is 1.63. The molecule has 1 saturated carbocycles. The van der Waals surface area contributed by atoms with Gasteiger partial charge in [-0.25, -0.2) is 0 Å². The topological polar surface area (TPSA) is 73.6 Å². The molecule has 128 valence electrons. The molecule has 1 aromatic rings. The number of hydrogen-bond donors (Lipinski definition) is 2. The Balaban J connectivity index is 1.93. The molecule has 0 aromatic heterocycles. The first-order valence-corrected chi connectivity index (χ1v) is 8.47. The van der Waals surface area contributed by atoms with Crippen LogP contribution in [0.5, 0.6) is 11.5 Å². The summed E-state index contributed by atoms with van der Waals surface area (Å²) in [6, 6.07) is 5.78. The van der Waals surface area contributed by atoms with E-state index in [-0.39, 0.29) is 11.8 Å². The van der Waals surface area contributed by atoms with Gasteiger partial charge in [0.25, 0.3) is 0 Å². The molecular formula is C18H28N2O3. The highest BCUT2D eigenvalue weighted by molar-refractivity contribution is 5.79. The number of amides is 1. The summed E-state index contributed by atoms with van der Waals surface area (Å²) in [5.41, 5.74) is 6.75. The zero-order valence-electron chi connectivity index (χ0n) is 14.1. The first-order valence-electron chi connectivity index (χ1n) is 8.47. The molecule has 0 unspecified atom stereocenters. The van der Waals surface area contributed by atoms with Gasteiger partial charge in [-0.1, -0.05) is 19.4 Å². The normalized spacial score (nSPS) is 20.3. The Labute approximate surface area is 138 Å². The maximum atomic E-state index is 12.3. The van der Waals surface area contributed by atoms with Crippen molar-refractivity contribution in [3.63, 3.8) is 0 Å². The molecule has 0 radical (unpaired) electrons. The smallest absolute Gasteiger partial charge is 0.223 e. The van der Waals surface area contributed by atoms with Crippen LogP contribution in [0, 0.1) is 11.8 Å². The van der Waals surface area contributed by atoms with Crippen molar-refractivity contribution in [3.8, 4) is 11.5 Å². The summed E-state index contributed by atoms with van der Waals surface area (Å²) in [5.74, 6) is 1.95. The lowest BCUT2D eigenvalue weighted by Crippen LogP contribution is -2.34. The van der Waals surface area contributed by atoms with Crippen molar-refractivity contribution in [2.45, 2.75) is 39.2 Å². The van der Waals surface area contributed by atoms with E-state index < -0.39 is 0 Å². The van der Waals surface area contributed by atoms with E-state index in [2.05, 4.69) is 12.2 Å². The zero-order chi connectivity index (χ0) is 16.7. The summed E-state index contributed by atoms with van der Waals surface area (Å²) in [5, 5.41) is 3.03. The molecular weight excluding hydrogens is 292 g/mol. The molecule has 2 atom stereocenters. The standard InChI is InChI=1S/C18H28N2O3/c1-3-9-23-16-8-7-13(10-17(16)22-2)12-20-18(21)15-6-4-5-14(15)11-19/h7-8,10,14-15H,3-6,9,11-12,19H2,1-2H3,(H,20,21)/t14-,15-/m1/s1. The van der Waals surface area contributed by atoms with Gasteiger partial charge >= 0.3 is 0 Å². The summed E-state index contributed by atoms with van der Waals surface area (Å²) < 4.78 is 11.0. The lowest BCUT2D eigenvalue weighted by molar-refractivity contribution is -0.126. The molecule has 1 fully saturated rings. The van der Waals surface area contributed by atoms with Gasteiger partial charge in [0.1, 0.15) is 0 Å². The molecule has 5 heteroatoms. The summed E-state index contributed by atoms with van der Waals surface area (Å²) >= 11 is 0. The quantitative estimate of drug-likeness (QED) is 0.772. The number of carbonyl (C=O) groups is 1. The number of hydrogen-bond acceptors (Lipinski definition) is 4. The van der Waals surface area contributed by atoms with Crippen molar-refractivity contribution in [2.75, 3.05) is 20.3 Å². The van der Waals surface area contributed by atoms with Crippen molar-refractivity contribution in [3.05, 3.63) is 23.8 Å². The molecule has 1 aliphatic carbocycles. The van der Waals surface area contributed by atoms with E-state index in [1.54, 1.807) is 7.11 Å². The minimum atomic E-state index is 0.0639. The number of methoxy groups -OCH3 is 1. The molecule has 0 heterocycles. The van der Waals surface area contributed by atoms with Crippen LogP contribution in [0.4, 0.5) is 0 Å². The maximum Gasteiger partial charge on any atom is 0.223 e. The van der Waals surface area contributed by atoms with Crippen LogP contribution in [-0.2, 0) is 11.3 Å². The third-order valence-electron chi connectivity index (χ3n) is 4.46. The molecule has 1 amide bonds. The first kappa shape index (κ1) is 17.6. The second-order valence-corrected chi connectivity index (χ2v) is 6.08. The van der Waals surface area contributed by atoms with Gasteiger partial charge in [0.15, 0.2) is 11.5 Å². The predicted octanol–water partition coefficient (Wildman–Crippen LogP) is 2.48. The van der Waals surface area contributed by atoms with Gasteiger partial charge < -0.3 is 20.5 Å². The van der Waals surface area contributed by atoms with Crippen LogP contribution in [-0.4, -0.2) is 26.2 Å². The van der Waals surface area contributed by atoms with Gasteiger partial charge in [-0.2, -0.15) is 0 Å². The van der Waals surface area contributed by atoms with Crippen molar-refractivity contribution >= 4 is 5.91 Å². The third kappa shape index (κ3) is 4.61. The molecule has 0 aliphatic heterocycles. The highest BCUT2D eigenvalue weighted by Crippen LogP contribution is 2.31. The maximum absolute atomic E-state index is 12.3. The Bertz CT molecular complexity index is 519. The molecule has 0 bridgehead atoms. The van der Waals surface area contributed by atoms with Gasteiger partial charge in [-0.3, -0.25) is 4.79 Å². The third-order valence-corrected chi connectivity index (χ3v) is 4.46. The zero-order valence-corrected chi connectivity index (χ0v) is 14.1. The number of rotatable bonds is 8. The fourth-order valence-corrected chi connectivity index (χ4v) is 3.14. The van der Waals surface area contributed by atoms with E-state index in [9.17, 15) is 4.79 Å². The highest BCUT2D eigenvalue weighted by atomic mass is 16.5. The Morgan fingerprint density at radius 2 is 2.17 bits per heavy atom. The second kappa shape index (κ2) is 8.77. The van der Waals surface area contributed by atoms with Crippen LogP contribution in [0.2, 0.25) is 0 Å². The van der Waals surface area contributed by atoms with Crippen molar-refractivity contribution < 1.29 is 14.3 Å². The Kier molecular flexibility index (Phi) is 6.71. The Morgan fingerprint density at radius 3 is 2.87 bits per heavy atom. The summed E-state index contributed by atoms with van der Waals surface area (Å²) in [4.78, 5) is 12.3. The molecule has 2 rings (SSSR count). The van der Waals surface area contributed by atoms with Gasteiger partial charge in [-0.05, 0) is 49.4 Å². The molecule has 5 nitrogen and oxygen atoms in total. The van der Waals surface area contributed by atoms with Crippen LogP contribution >= 0.6 is 0 Å². The fourth-order valence-electron chi connectivity index (χ4n) is 3.14. The largest absolute Gasteiger partial charge is 0.493 e. The lowest BCUT2D eigenvalue weighted by atomic mass is 9.95. The van der Waals surface area contributed by atoms with Gasteiger partial charge in [0.05, 0.1) is 13.7 Å². The van der Waals surface area contributed by atoms with E-state index in [4.69, 9.17) is 15.2 Å². The fraction of sp³-hybridized carbons (Fsp3) is 0.611. The van der Waals surface area contributed by atoms with E-state index in [0.717, 1.165) is 37.0 Å². The van der Waals surface area contributed by atoms with Crippen molar-refractivity contribution in [1.29, 1.82) is 0 Å². The minimum absolute atomic E-state index is 0.0639. The van der Waals surface area contributed by atoms with Gasteiger partial charge in [-0.15, -0.1) is 0 Å². The summed E-state index contributed by atoms with van der Waals surface area (Å²) in [6.45, 7) is 3.81. The van der Waals surface area contributed by atoms with Crippen LogP contribution < -0.4 is 20.5 Å².